The van der Waals surface area contributed by atoms with E-state index in [1.807, 2.05) is 0 Å². The highest BCUT2D eigenvalue weighted by molar-refractivity contribution is 6.00. The van der Waals surface area contributed by atoms with Crippen LogP contribution in [0.5, 0.6) is 0 Å². The zero-order valence-corrected chi connectivity index (χ0v) is 27.6. The van der Waals surface area contributed by atoms with Gasteiger partial charge in [-0.15, -0.1) is 0 Å². The normalized spacial score (nSPS) is 21.6. The fourth-order valence-corrected chi connectivity index (χ4v) is 5.38. The summed E-state index contributed by atoms with van der Waals surface area (Å²) in [5, 5.41) is 24.4. The molecule has 3 aromatic rings. The first-order chi connectivity index (χ1) is 24.5. The number of hydrogen-bond donors (Lipinski definition) is 6. The molecule has 0 spiro atoms. The van der Waals surface area contributed by atoms with Crippen molar-refractivity contribution in [3.05, 3.63) is 124 Å². The summed E-state index contributed by atoms with van der Waals surface area (Å²) in [6.07, 6.45) is 2.10. The molecule has 1 aliphatic rings. The second-order valence-corrected chi connectivity index (χ2v) is 11.9. The number of hydrogen-bond acceptors (Lipinski definition) is 8. The van der Waals surface area contributed by atoms with Gasteiger partial charge in [0.25, 0.3) is 5.69 Å². The van der Waals surface area contributed by atoms with Crippen LogP contribution in [0.25, 0.3) is 0 Å². The summed E-state index contributed by atoms with van der Waals surface area (Å²) in [4.78, 5) is 89.6. The Hall–Kier alpha value is -6.38. The van der Waals surface area contributed by atoms with Crippen molar-refractivity contribution in [2.75, 3.05) is 6.54 Å². The minimum absolute atomic E-state index is 0.0326. The van der Waals surface area contributed by atoms with E-state index in [1.165, 1.54) is 24.3 Å². The second kappa shape index (κ2) is 18.4. The molecular formula is C36H39N7O8. The highest BCUT2D eigenvalue weighted by Crippen LogP contribution is 2.14. The fraction of sp³-hybridized carbons (Fsp3) is 0.278. The van der Waals surface area contributed by atoms with E-state index < -0.39 is 64.5 Å². The van der Waals surface area contributed by atoms with Gasteiger partial charge in [-0.3, -0.25) is 38.9 Å². The van der Waals surface area contributed by atoms with Crippen molar-refractivity contribution >= 4 is 41.1 Å². The molecule has 0 radical (unpaired) electrons. The lowest BCUT2D eigenvalue weighted by molar-refractivity contribution is -0.384. The molecule has 266 valence electrons. The number of non-ortho nitro benzene ring substituents is 1. The molecule has 4 atom stereocenters. The first kappa shape index (κ1) is 37.4. The Labute approximate surface area is 293 Å². The van der Waals surface area contributed by atoms with Crippen LogP contribution in [-0.4, -0.2) is 71.1 Å². The predicted molar refractivity (Wildman–Crippen MR) is 185 cm³/mol. The molecule has 7 N–H and O–H groups in total. The molecule has 0 saturated heterocycles. The second-order valence-electron chi connectivity index (χ2n) is 11.9. The van der Waals surface area contributed by atoms with E-state index in [-0.39, 0.29) is 44.3 Å². The molecule has 0 aliphatic carbocycles. The van der Waals surface area contributed by atoms with Gasteiger partial charge >= 0.3 is 0 Å². The van der Waals surface area contributed by atoms with Crippen molar-refractivity contribution < 1.29 is 33.7 Å². The summed E-state index contributed by atoms with van der Waals surface area (Å²) < 4.78 is 0. The number of nitro benzene ring substituents is 1. The number of primary amides is 1. The van der Waals surface area contributed by atoms with E-state index in [0.29, 0.717) is 16.7 Å². The zero-order valence-electron chi connectivity index (χ0n) is 27.6. The summed E-state index contributed by atoms with van der Waals surface area (Å²) in [5.74, 6) is -4.38. The molecule has 0 bridgehead atoms. The van der Waals surface area contributed by atoms with Gasteiger partial charge in [-0.05, 0) is 29.5 Å². The van der Waals surface area contributed by atoms with Gasteiger partial charge in [-0.25, -0.2) is 0 Å². The third-order valence-electron chi connectivity index (χ3n) is 8.07. The minimum atomic E-state index is -1.21. The molecule has 0 fully saturated rings. The number of benzene rings is 3. The van der Waals surface area contributed by atoms with Crippen LogP contribution in [0.3, 0.4) is 0 Å². The van der Waals surface area contributed by atoms with E-state index in [2.05, 4.69) is 26.6 Å². The van der Waals surface area contributed by atoms with Gasteiger partial charge in [-0.1, -0.05) is 72.8 Å². The van der Waals surface area contributed by atoms with Crippen LogP contribution in [0.2, 0.25) is 0 Å². The van der Waals surface area contributed by atoms with Gasteiger partial charge in [0.2, 0.25) is 35.4 Å². The van der Waals surface area contributed by atoms with Gasteiger partial charge < -0.3 is 32.3 Å². The SMILES string of the molecule is NC(=O)[C@@H]1CCCNC(=O)[C@H](Cc2ccc([N+](=O)[O-])cc2)NC(=O)[C@H](Cc2ccccc2)NC(=O)[C@H](Cc2ccccc2)NC(=O)/C=C/C(=O)N1. The number of nitrogens with two attached hydrogens (primary N) is 1. The molecule has 0 unspecified atom stereocenters. The van der Waals surface area contributed by atoms with Crippen LogP contribution in [-0.2, 0) is 48.0 Å². The number of nitrogens with one attached hydrogen (secondary N) is 5. The first-order valence-corrected chi connectivity index (χ1v) is 16.3. The predicted octanol–water partition coefficient (Wildman–Crippen LogP) is 0.513. The molecule has 3 aromatic carbocycles. The van der Waals surface area contributed by atoms with E-state index in [9.17, 15) is 38.9 Å². The lowest BCUT2D eigenvalue weighted by atomic mass is 10.0. The van der Waals surface area contributed by atoms with Gasteiger partial charge in [-0.2, -0.15) is 0 Å². The third kappa shape index (κ3) is 11.9. The Kier molecular flexibility index (Phi) is 13.5. The Balaban J connectivity index is 1.68. The zero-order chi connectivity index (χ0) is 36.8. The van der Waals surface area contributed by atoms with Crippen molar-refractivity contribution in [2.24, 2.45) is 5.73 Å². The summed E-state index contributed by atoms with van der Waals surface area (Å²) in [6, 6.07) is 18.5. The number of amides is 6. The molecule has 0 aromatic heterocycles. The van der Waals surface area contributed by atoms with Gasteiger partial charge in [0.1, 0.15) is 24.2 Å². The van der Waals surface area contributed by atoms with E-state index >= 15 is 0 Å². The van der Waals surface area contributed by atoms with E-state index in [4.69, 9.17) is 5.73 Å². The Bertz CT molecular complexity index is 1750. The monoisotopic (exact) mass is 697 g/mol. The average molecular weight is 698 g/mol. The van der Waals surface area contributed by atoms with Crippen molar-refractivity contribution in [3.8, 4) is 0 Å². The Morgan fingerprint density at radius 2 is 1.10 bits per heavy atom. The molecular weight excluding hydrogens is 658 g/mol. The quantitative estimate of drug-likeness (QED) is 0.143. The van der Waals surface area contributed by atoms with E-state index in [1.54, 1.807) is 60.7 Å². The number of carbonyl (C=O) groups is 6. The highest BCUT2D eigenvalue weighted by atomic mass is 16.6. The number of nitrogens with zero attached hydrogens (tertiary/aromatic N) is 1. The summed E-state index contributed by atoms with van der Waals surface area (Å²) in [7, 11) is 0. The standard InChI is InChI=1S/C36H39N7O8/c37-33(46)27-12-7-19-38-34(47)28(22-25-13-15-26(16-14-25)43(50)51)41-36(49)30(21-24-10-5-2-6-11-24)42-35(48)29(20-23-8-3-1-4-9-23)40-32(45)18-17-31(44)39-27/h1-6,8-11,13-18,27-30H,7,12,19-22H2,(H2,37,46)(H,38,47)(H,39,44)(H,40,45)(H,41,49)(H,42,48)/b18-17+/t27-,28-,29-,30-/m0/s1. The molecule has 4 rings (SSSR count). The van der Waals surface area contributed by atoms with Crippen LogP contribution >= 0.6 is 0 Å². The van der Waals surface area contributed by atoms with Crippen LogP contribution in [0.1, 0.15) is 29.5 Å². The molecule has 0 saturated carbocycles. The maximum Gasteiger partial charge on any atom is 0.269 e. The molecule has 1 aliphatic heterocycles. The lowest BCUT2D eigenvalue weighted by Gasteiger charge is -2.25. The Morgan fingerprint density at radius 1 is 0.647 bits per heavy atom. The first-order valence-electron chi connectivity index (χ1n) is 16.3. The molecule has 51 heavy (non-hydrogen) atoms. The van der Waals surface area contributed by atoms with Gasteiger partial charge in [0, 0.05) is 50.1 Å². The number of nitro groups is 1. The number of carbonyl (C=O) groups excluding carboxylic acids is 6. The van der Waals surface area contributed by atoms with Crippen molar-refractivity contribution in [2.45, 2.75) is 56.3 Å². The maximum atomic E-state index is 14.0. The molecule has 15 nitrogen and oxygen atoms in total. The minimum Gasteiger partial charge on any atom is -0.368 e. The summed E-state index contributed by atoms with van der Waals surface area (Å²) in [6.45, 7) is 0.0364. The van der Waals surface area contributed by atoms with Crippen LogP contribution in [0.15, 0.2) is 97.1 Å². The highest BCUT2D eigenvalue weighted by Gasteiger charge is 2.30. The molecule has 1 heterocycles. The van der Waals surface area contributed by atoms with Crippen LogP contribution in [0, 0.1) is 10.1 Å². The molecule has 6 amide bonds. The fourth-order valence-electron chi connectivity index (χ4n) is 5.38. The van der Waals surface area contributed by atoms with E-state index in [0.717, 1.165) is 12.2 Å². The summed E-state index contributed by atoms with van der Waals surface area (Å²) in [5.41, 5.74) is 7.23. The smallest absolute Gasteiger partial charge is 0.269 e. The van der Waals surface area contributed by atoms with Crippen molar-refractivity contribution in [1.29, 1.82) is 0 Å². The topological polar surface area (TPSA) is 232 Å². The van der Waals surface area contributed by atoms with Gasteiger partial charge in [0.05, 0.1) is 4.92 Å². The molecule has 15 heteroatoms. The van der Waals surface area contributed by atoms with Gasteiger partial charge in [0.15, 0.2) is 0 Å². The lowest BCUT2D eigenvalue weighted by Crippen LogP contribution is -2.58. The summed E-state index contributed by atoms with van der Waals surface area (Å²) >= 11 is 0. The number of rotatable bonds is 8. The Morgan fingerprint density at radius 3 is 1.59 bits per heavy atom. The maximum absolute atomic E-state index is 14.0. The average Bonchev–Trinajstić information content (AvgIpc) is 3.11. The van der Waals surface area contributed by atoms with Crippen molar-refractivity contribution in [1.82, 2.24) is 26.6 Å². The van der Waals surface area contributed by atoms with Crippen LogP contribution < -0.4 is 32.3 Å². The van der Waals surface area contributed by atoms with Crippen molar-refractivity contribution in [3.63, 3.8) is 0 Å². The largest absolute Gasteiger partial charge is 0.368 e. The third-order valence-corrected chi connectivity index (χ3v) is 8.07. The van der Waals surface area contributed by atoms with Crippen LogP contribution in [0.4, 0.5) is 5.69 Å².